The molecule has 1 atom stereocenters. The van der Waals surface area contributed by atoms with Gasteiger partial charge in [-0.3, -0.25) is 9.59 Å². The van der Waals surface area contributed by atoms with Gasteiger partial charge in [-0.2, -0.15) is 0 Å². The predicted octanol–water partition coefficient (Wildman–Crippen LogP) is 5.60. The van der Waals surface area contributed by atoms with E-state index < -0.39 is 0 Å². The molecule has 0 fully saturated rings. The van der Waals surface area contributed by atoms with E-state index in [4.69, 9.17) is 9.47 Å². The topological polar surface area (TPSA) is 59.1 Å². The molecule has 1 aliphatic heterocycles. The molecule has 3 rings (SSSR count). The van der Waals surface area contributed by atoms with Crippen LogP contribution in [0.3, 0.4) is 0 Å². The van der Waals surface area contributed by atoms with Gasteiger partial charge in [-0.05, 0) is 42.4 Å². The van der Waals surface area contributed by atoms with Crippen LogP contribution in [-0.2, 0) is 16.0 Å². The zero-order valence-corrected chi connectivity index (χ0v) is 23.1. The minimum atomic E-state index is -0.132. The molecule has 0 saturated carbocycles. The van der Waals surface area contributed by atoms with Crippen molar-refractivity contribution in [3.63, 3.8) is 0 Å². The number of carbonyl (C=O) groups is 2. The first-order chi connectivity index (χ1) is 17.8. The second kappa shape index (κ2) is 14.2. The highest BCUT2D eigenvalue weighted by atomic mass is 16.5. The van der Waals surface area contributed by atoms with E-state index >= 15 is 0 Å². The largest absolute Gasteiger partial charge is 0.491 e. The zero-order valence-electron chi connectivity index (χ0n) is 23.1. The Morgan fingerprint density at radius 1 is 0.973 bits per heavy atom. The average molecular weight is 509 g/mol. The molecule has 0 bridgehead atoms. The second-order valence-corrected chi connectivity index (χ2v) is 11.2. The van der Waals surface area contributed by atoms with Crippen LogP contribution in [0, 0.1) is 5.41 Å². The van der Waals surface area contributed by atoms with Crippen molar-refractivity contribution < 1.29 is 19.1 Å². The van der Waals surface area contributed by atoms with Crippen LogP contribution >= 0.6 is 0 Å². The molecular weight excluding hydrogens is 464 g/mol. The quantitative estimate of drug-likeness (QED) is 0.509. The van der Waals surface area contributed by atoms with E-state index in [1.165, 1.54) is 5.56 Å². The number of rotatable bonds is 6. The molecule has 0 aromatic heterocycles. The zero-order chi connectivity index (χ0) is 26.7. The molecule has 0 radical (unpaired) electrons. The molecule has 37 heavy (non-hydrogen) atoms. The van der Waals surface area contributed by atoms with E-state index in [1.54, 1.807) is 7.11 Å². The second-order valence-electron chi connectivity index (χ2n) is 11.2. The fourth-order valence-electron chi connectivity index (χ4n) is 4.79. The van der Waals surface area contributed by atoms with Gasteiger partial charge in [0.05, 0.1) is 18.2 Å². The Morgan fingerprint density at radius 2 is 1.65 bits per heavy atom. The molecule has 0 spiro atoms. The first-order valence-corrected chi connectivity index (χ1v) is 13.6. The summed E-state index contributed by atoms with van der Waals surface area (Å²) in [5.74, 6) is 0.692. The number of hydrogen-bond acceptors (Lipinski definition) is 4. The van der Waals surface area contributed by atoms with Gasteiger partial charge < -0.3 is 19.3 Å². The number of hydrogen-bond donors (Lipinski definition) is 0. The number of benzene rings is 2. The highest BCUT2D eigenvalue weighted by molar-refractivity contribution is 5.97. The summed E-state index contributed by atoms with van der Waals surface area (Å²) in [6.07, 6.45) is 5.07. The minimum absolute atomic E-state index is 0.0371. The summed E-state index contributed by atoms with van der Waals surface area (Å²) < 4.78 is 11.6. The third kappa shape index (κ3) is 9.19. The van der Waals surface area contributed by atoms with Crippen LogP contribution in [0.1, 0.15) is 68.8 Å². The highest BCUT2D eigenvalue weighted by Gasteiger charge is 2.29. The van der Waals surface area contributed by atoms with Gasteiger partial charge in [-0.1, -0.05) is 76.1 Å². The minimum Gasteiger partial charge on any atom is -0.491 e. The molecule has 6 heteroatoms. The summed E-state index contributed by atoms with van der Waals surface area (Å²) in [7, 11) is 1.66. The lowest BCUT2D eigenvalue weighted by Gasteiger charge is -2.34. The maximum atomic E-state index is 13.6. The van der Waals surface area contributed by atoms with Crippen LogP contribution in [0.4, 0.5) is 0 Å². The number of nitrogens with zero attached hydrogens (tertiary/aromatic N) is 2. The summed E-state index contributed by atoms with van der Waals surface area (Å²) in [6, 6.07) is 17.6. The fourth-order valence-corrected chi connectivity index (χ4v) is 4.79. The lowest BCUT2D eigenvalue weighted by Crippen LogP contribution is -2.46. The van der Waals surface area contributed by atoms with Crippen LogP contribution in [0.2, 0.25) is 0 Å². The van der Waals surface area contributed by atoms with Gasteiger partial charge in [-0.15, -0.1) is 0 Å². The highest BCUT2D eigenvalue weighted by Crippen LogP contribution is 2.25. The molecule has 202 valence electrons. The molecule has 2 aromatic rings. The molecule has 6 nitrogen and oxygen atoms in total. The van der Waals surface area contributed by atoms with E-state index in [0.29, 0.717) is 57.0 Å². The molecule has 2 aromatic carbocycles. The van der Waals surface area contributed by atoms with E-state index in [1.807, 2.05) is 52.3 Å². The van der Waals surface area contributed by atoms with Crippen molar-refractivity contribution >= 4 is 11.8 Å². The van der Waals surface area contributed by atoms with Crippen molar-refractivity contribution in [1.82, 2.24) is 9.80 Å². The van der Waals surface area contributed by atoms with Crippen molar-refractivity contribution in [2.45, 2.75) is 65.3 Å². The summed E-state index contributed by atoms with van der Waals surface area (Å²) in [6.45, 7) is 9.09. The molecule has 0 aliphatic carbocycles. The standard InChI is InChI=1S/C31H44N2O4/c1-31(2,3)23-29(34)33-19-13-6-5-12-18-32(20-21-36-4)30(35)27-16-10-11-17-28(27)37-24-26(33)22-25-14-8-7-9-15-25/h7-11,14-17,26H,5-6,12-13,18-24H2,1-4H3/t26-/m0/s1. The summed E-state index contributed by atoms with van der Waals surface area (Å²) in [5, 5.41) is 0. The monoisotopic (exact) mass is 508 g/mol. The molecule has 0 N–H and O–H groups in total. The Labute approximate surface area is 222 Å². The van der Waals surface area contributed by atoms with Gasteiger partial charge in [0.15, 0.2) is 0 Å². The Bertz CT molecular complexity index is 986. The van der Waals surface area contributed by atoms with Gasteiger partial charge in [-0.25, -0.2) is 0 Å². The van der Waals surface area contributed by atoms with Crippen LogP contribution in [0.5, 0.6) is 5.75 Å². The van der Waals surface area contributed by atoms with Gasteiger partial charge >= 0.3 is 0 Å². The fraction of sp³-hybridized carbons (Fsp3) is 0.548. The Kier molecular flexibility index (Phi) is 11.0. The van der Waals surface area contributed by atoms with Crippen molar-refractivity contribution in [1.29, 1.82) is 0 Å². The number of methoxy groups -OCH3 is 1. The Balaban J connectivity index is 1.93. The van der Waals surface area contributed by atoms with Crippen molar-refractivity contribution in [2.75, 3.05) is 40.0 Å². The van der Waals surface area contributed by atoms with Crippen molar-refractivity contribution in [2.24, 2.45) is 5.41 Å². The van der Waals surface area contributed by atoms with Gasteiger partial charge in [0.2, 0.25) is 5.91 Å². The molecule has 0 saturated heterocycles. The van der Waals surface area contributed by atoms with Gasteiger partial charge in [0.25, 0.3) is 5.91 Å². The van der Waals surface area contributed by atoms with E-state index in [9.17, 15) is 9.59 Å². The van der Waals surface area contributed by atoms with Gasteiger partial charge in [0, 0.05) is 33.2 Å². The van der Waals surface area contributed by atoms with Crippen LogP contribution in [0.25, 0.3) is 0 Å². The van der Waals surface area contributed by atoms with Crippen molar-refractivity contribution in [3.8, 4) is 5.75 Å². The first kappa shape index (κ1) is 28.7. The summed E-state index contributed by atoms with van der Waals surface area (Å²) in [5.41, 5.74) is 1.63. The van der Waals surface area contributed by atoms with Gasteiger partial charge in [0.1, 0.15) is 12.4 Å². The number of carbonyl (C=O) groups excluding carboxylic acids is 2. The number of amides is 2. The van der Waals surface area contributed by atoms with E-state index in [-0.39, 0.29) is 23.3 Å². The van der Waals surface area contributed by atoms with E-state index in [2.05, 4.69) is 32.9 Å². The molecule has 1 aliphatic rings. The predicted molar refractivity (Wildman–Crippen MR) is 148 cm³/mol. The SMILES string of the molecule is COCCN1CCCCCCN(C(=O)CC(C)(C)C)[C@@H](Cc2ccccc2)COc2ccccc2C1=O. The summed E-state index contributed by atoms with van der Waals surface area (Å²) in [4.78, 5) is 31.0. The lowest BCUT2D eigenvalue weighted by molar-refractivity contribution is -0.136. The third-order valence-corrected chi connectivity index (χ3v) is 6.74. The average Bonchev–Trinajstić information content (AvgIpc) is 2.87. The number of para-hydroxylation sites is 1. The van der Waals surface area contributed by atoms with Crippen LogP contribution in [-0.4, -0.2) is 67.6 Å². The normalized spacial score (nSPS) is 18.1. The Morgan fingerprint density at radius 3 is 2.35 bits per heavy atom. The molecular formula is C31H44N2O4. The molecule has 0 unspecified atom stereocenters. The van der Waals surface area contributed by atoms with E-state index in [0.717, 1.165) is 25.7 Å². The molecule has 1 heterocycles. The maximum Gasteiger partial charge on any atom is 0.257 e. The number of ether oxygens (including phenoxy) is 2. The number of fused-ring (bicyclic) bond motifs is 1. The summed E-state index contributed by atoms with van der Waals surface area (Å²) >= 11 is 0. The maximum absolute atomic E-state index is 13.6. The Hall–Kier alpha value is -2.86. The lowest BCUT2D eigenvalue weighted by atomic mass is 9.91. The van der Waals surface area contributed by atoms with Crippen LogP contribution in [0.15, 0.2) is 54.6 Å². The first-order valence-electron chi connectivity index (χ1n) is 13.6. The van der Waals surface area contributed by atoms with Crippen LogP contribution < -0.4 is 4.74 Å². The van der Waals surface area contributed by atoms with Crippen molar-refractivity contribution in [3.05, 3.63) is 65.7 Å². The molecule has 2 amide bonds. The smallest absolute Gasteiger partial charge is 0.257 e. The third-order valence-electron chi connectivity index (χ3n) is 6.74.